The topological polar surface area (TPSA) is 60.0 Å². The Morgan fingerprint density at radius 3 is 2.67 bits per heavy atom. The Morgan fingerprint density at radius 2 is 2.00 bits per heavy atom. The number of rotatable bonds is 9. The summed E-state index contributed by atoms with van der Waals surface area (Å²) in [7, 11) is 3.27. The third-order valence-electron chi connectivity index (χ3n) is 2.47. The van der Waals surface area contributed by atoms with Crippen LogP contribution in [-0.2, 0) is 11.3 Å². The Hall–Kier alpha value is -1.30. The first-order valence-electron chi connectivity index (χ1n) is 5.92. The minimum atomic E-state index is 0.0618. The molecule has 0 heterocycles. The molecule has 5 nitrogen and oxygen atoms in total. The number of aliphatic hydroxyl groups excluding tert-OH is 1. The van der Waals surface area contributed by atoms with Gasteiger partial charge in [-0.1, -0.05) is 6.07 Å². The van der Waals surface area contributed by atoms with Crippen LogP contribution in [0.15, 0.2) is 18.2 Å². The predicted molar refractivity (Wildman–Crippen MR) is 69.2 cm³/mol. The Bertz CT molecular complexity index is 344. The highest BCUT2D eigenvalue weighted by Gasteiger charge is 2.04. The molecule has 0 saturated carbocycles. The van der Waals surface area contributed by atoms with Gasteiger partial charge in [0.25, 0.3) is 0 Å². The van der Waals surface area contributed by atoms with Gasteiger partial charge in [0.2, 0.25) is 0 Å². The quantitative estimate of drug-likeness (QED) is 0.639. The number of methoxy groups -OCH3 is 2. The van der Waals surface area contributed by atoms with Crippen LogP contribution in [0.3, 0.4) is 0 Å². The molecule has 0 aromatic heterocycles. The molecule has 0 spiro atoms. The normalized spacial score (nSPS) is 10.4. The van der Waals surface area contributed by atoms with Crippen molar-refractivity contribution >= 4 is 0 Å². The van der Waals surface area contributed by atoms with Gasteiger partial charge in [-0.25, -0.2) is 0 Å². The maximum Gasteiger partial charge on any atom is 0.127 e. The van der Waals surface area contributed by atoms with Crippen molar-refractivity contribution in [1.82, 2.24) is 5.32 Å². The lowest BCUT2D eigenvalue weighted by atomic mass is 10.2. The molecule has 0 saturated heterocycles. The molecule has 1 aromatic rings. The summed E-state index contributed by atoms with van der Waals surface area (Å²) in [5.74, 6) is 1.58. The van der Waals surface area contributed by atoms with Gasteiger partial charge in [-0.15, -0.1) is 0 Å². The highest BCUT2D eigenvalue weighted by Crippen LogP contribution is 2.24. The van der Waals surface area contributed by atoms with Gasteiger partial charge in [0.15, 0.2) is 0 Å². The van der Waals surface area contributed by atoms with E-state index in [0.29, 0.717) is 19.8 Å². The van der Waals surface area contributed by atoms with Crippen LogP contribution in [0.5, 0.6) is 11.5 Å². The number of hydrogen-bond donors (Lipinski definition) is 2. The monoisotopic (exact) mass is 255 g/mol. The molecule has 5 heteroatoms. The average molecular weight is 255 g/mol. The van der Waals surface area contributed by atoms with Crippen LogP contribution in [0.1, 0.15) is 5.56 Å². The van der Waals surface area contributed by atoms with Crippen molar-refractivity contribution in [1.29, 1.82) is 0 Å². The number of ether oxygens (including phenoxy) is 3. The van der Waals surface area contributed by atoms with Crippen LogP contribution in [-0.4, -0.2) is 45.7 Å². The van der Waals surface area contributed by atoms with Crippen molar-refractivity contribution < 1.29 is 19.3 Å². The molecule has 0 fully saturated rings. The molecule has 18 heavy (non-hydrogen) atoms. The molecule has 0 atom stereocenters. The van der Waals surface area contributed by atoms with Gasteiger partial charge in [-0.05, 0) is 6.07 Å². The van der Waals surface area contributed by atoms with E-state index in [4.69, 9.17) is 19.3 Å². The van der Waals surface area contributed by atoms with E-state index < -0.39 is 0 Å². The van der Waals surface area contributed by atoms with Crippen LogP contribution in [0.4, 0.5) is 0 Å². The Morgan fingerprint density at radius 1 is 1.17 bits per heavy atom. The Labute approximate surface area is 108 Å². The van der Waals surface area contributed by atoms with E-state index in [-0.39, 0.29) is 6.61 Å². The fourth-order valence-electron chi connectivity index (χ4n) is 1.53. The van der Waals surface area contributed by atoms with E-state index in [1.165, 1.54) is 0 Å². The molecule has 2 N–H and O–H groups in total. The highest BCUT2D eigenvalue weighted by molar-refractivity contribution is 5.40. The van der Waals surface area contributed by atoms with Crippen molar-refractivity contribution in [2.45, 2.75) is 6.54 Å². The second-order valence-corrected chi connectivity index (χ2v) is 3.69. The molecule has 0 bridgehead atoms. The first kappa shape index (κ1) is 14.8. The lowest BCUT2D eigenvalue weighted by molar-refractivity contribution is 0.0938. The van der Waals surface area contributed by atoms with Gasteiger partial charge in [-0.2, -0.15) is 0 Å². The molecule has 0 aliphatic carbocycles. The highest BCUT2D eigenvalue weighted by atomic mass is 16.5. The van der Waals surface area contributed by atoms with E-state index in [1.54, 1.807) is 14.2 Å². The molecular weight excluding hydrogens is 234 g/mol. The van der Waals surface area contributed by atoms with Gasteiger partial charge in [0.1, 0.15) is 11.5 Å². The smallest absolute Gasteiger partial charge is 0.127 e. The minimum Gasteiger partial charge on any atom is -0.497 e. The number of hydrogen-bond acceptors (Lipinski definition) is 5. The fraction of sp³-hybridized carbons (Fsp3) is 0.538. The summed E-state index contributed by atoms with van der Waals surface area (Å²) in [4.78, 5) is 0. The Kier molecular flexibility index (Phi) is 7.17. The third kappa shape index (κ3) is 4.91. The van der Waals surface area contributed by atoms with E-state index in [0.717, 1.165) is 23.6 Å². The van der Waals surface area contributed by atoms with Gasteiger partial charge in [-0.3, -0.25) is 0 Å². The molecule has 0 aliphatic rings. The van der Waals surface area contributed by atoms with Crippen LogP contribution in [0, 0.1) is 0 Å². The van der Waals surface area contributed by atoms with Gasteiger partial charge in [0.05, 0.1) is 34.0 Å². The Balaban J connectivity index is 2.37. The molecule has 1 aromatic carbocycles. The number of nitrogens with one attached hydrogen (secondary N) is 1. The van der Waals surface area contributed by atoms with Gasteiger partial charge in [0, 0.05) is 24.7 Å². The van der Waals surface area contributed by atoms with Gasteiger partial charge < -0.3 is 24.6 Å². The van der Waals surface area contributed by atoms with Crippen molar-refractivity contribution in [2.24, 2.45) is 0 Å². The van der Waals surface area contributed by atoms with Gasteiger partial charge >= 0.3 is 0 Å². The van der Waals surface area contributed by atoms with Crippen molar-refractivity contribution in [2.75, 3.05) is 40.6 Å². The van der Waals surface area contributed by atoms with Crippen LogP contribution < -0.4 is 14.8 Å². The first-order valence-corrected chi connectivity index (χ1v) is 5.92. The first-order chi connectivity index (χ1) is 8.81. The zero-order valence-electron chi connectivity index (χ0n) is 10.9. The molecule has 0 amide bonds. The third-order valence-corrected chi connectivity index (χ3v) is 2.47. The molecular formula is C13H21NO4. The van der Waals surface area contributed by atoms with Crippen LogP contribution >= 0.6 is 0 Å². The van der Waals surface area contributed by atoms with E-state index in [9.17, 15) is 0 Å². The maximum absolute atomic E-state index is 8.54. The zero-order valence-corrected chi connectivity index (χ0v) is 10.9. The van der Waals surface area contributed by atoms with E-state index in [1.807, 2.05) is 18.2 Å². The summed E-state index contributed by atoms with van der Waals surface area (Å²) in [5.41, 5.74) is 1.07. The van der Waals surface area contributed by atoms with E-state index >= 15 is 0 Å². The van der Waals surface area contributed by atoms with Crippen LogP contribution in [0.2, 0.25) is 0 Å². The fourth-order valence-corrected chi connectivity index (χ4v) is 1.53. The van der Waals surface area contributed by atoms with E-state index in [2.05, 4.69) is 5.32 Å². The lowest BCUT2D eigenvalue weighted by Gasteiger charge is -2.11. The molecule has 0 aliphatic heterocycles. The van der Waals surface area contributed by atoms with Crippen LogP contribution in [0.25, 0.3) is 0 Å². The van der Waals surface area contributed by atoms with Crippen molar-refractivity contribution in [3.8, 4) is 11.5 Å². The largest absolute Gasteiger partial charge is 0.497 e. The summed E-state index contributed by atoms with van der Waals surface area (Å²) in [6.07, 6.45) is 0. The maximum atomic E-state index is 8.54. The zero-order chi connectivity index (χ0) is 13.2. The summed E-state index contributed by atoms with van der Waals surface area (Å²) in [5, 5.41) is 11.8. The average Bonchev–Trinajstić information content (AvgIpc) is 2.42. The predicted octanol–water partition coefficient (Wildman–Crippen LogP) is 0.802. The van der Waals surface area contributed by atoms with Crippen molar-refractivity contribution in [3.63, 3.8) is 0 Å². The molecule has 0 radical (unpaired) electrons. The standard InChI is InChI=1S/C13H21NO4/c1-16-12-4-3-11(13(9-12)17-2)10-14-5-7-18-8-6-15/h3-4,9,14-15H,5-8,10H2,1-2H3. The molecule has 102 valence electrons. The lowest BCUT2D eigenvalue weighted by Crippen LogP contribution is -2.20. The summed E-state index contributed by atoms with van der Waals surface area (Å²) < 4.78 is 15.6. The van der Waals surface area contributed by atoms with Crippen molar-refractivity contribution in [3.05, 3.63) is 23.8 Å². The molecule has 1 rings (SSSR count). The summed E-state index contributed by atoms with van der Waals surface area (Å²) in [6, 6.07) is 5.74. The number of benzene rings is 1. The minimum absolute atomic E-state index is 0.0618. The summed E-state index contributed by atoms with van der Waals surface area (Å²) >= 11 is 0. The SMILES string of the molecule is COc1ccc(CNCCOCCO)c(OC)c1. The second kappa shape index (κ2) is 8.74. The molecule has 0 unspecified atom stereocenters. The summed E-state index contributed by atoms with van der Waals surface area (Å²) in [6.45, 7) is 2.46. The number of aliphatic hydroxyl groups is 1. The second-order valence-electron chi connectivity index (χ2n) is 3.69.